The standard InChI is InChI=1S/C10H18N2O3/c1-7(2)8(5-11)12-10(13)9-6-14-3-4-15-9/h6-8H,3-5,11H2,1-2H3,(H,12,13). The fourth-order valence-electron chi connectivity index (χ4n) is 1.22. The second kappa shape index (κ2) is 5.60. The van der Waals surface area contributed by atoms with Crippen molar-refractivity contribution in [1.29, 1.82) is 0 Å². The Labute approximate surface area is 89.6 Å². The molecule has 1 aliphatic rings. The first-order valence-corrected chi connectivity index (χ1v) is 5.10. The minimum atomic E-state index is -0.265. The molecule has 0 fully saturated rings. The van der Waals surface area contributed by atoms with Gasteiger partial charge in [-0.3, -0.25) is 4.79 Å². The zero-order chi connectivity index (χ0) is 11.3. The van der Waals surface area contributed by atoms with Crippen LogP contribution >= 0.6 is 0 Å². The molecule has 5 heteroatoms. The molecule has 0 aromatic carbocycles. The molecule has 0 radical (unpaired) electrons. The summed E-state index contributed by atoms with van der Waals surface area (Å²) in [6.07, 6.45) is 1.34. The predicted octanol–water partition coefficient (Wildman–Crippen LogP) is -0.0259. The maximum atomic E-state index is 11.6. The van der Waals surface area contributed by atoms with Crippen molar-refractivity contribution in [2.45, 2.75) is 19.9 Å². The minimum absolute atomic E-state index is 0.0380. The number of rotatable bonds is 4. The highest BCUT2D eigenvalue weighted by molar-refractivity contribution is 5.91. The average Bonchev–Trinajstić information content (AvgIpc) is 2.26. The van der Waals surface area contributed by atoms with Crippen LogP contribution < -0.4 is 11.1 Å². The van der Waals surface area contributed by atoms with Gasteiger partial charge in [-0.1, -0.05) is 13.8 Å². The van der Waals surface area contributed by atoms with Gasteiger partial charge in [0, 0.05) is 12.6 Å². The van der Waals surface area contributed by atoms with E-state index < -0.39 is 0 Å². The van der Waals surface area contributed by atoms with Crippen LogP contribution in [0.4, 0.5) is 0 Å². The Bertz CT molecular complexity index is 251. The molecule has 1 atom stereocenters. The summed E-state index contributed by atoms with van der Waals surface area (Å²) in [4.78, 5) is 11.6. The predicted molar refractivity (Wildman–Crippen MR) is 55.8 cm³/mol. The van der Waals surface area contributed by atoms with Crippen molar-refractivity contribution in [1.82, 2.24) is 5.32 Å². The van der Waals surface area contributed by atoms with E-state index in [4.69, 9.17) is 15.2 Å². The van der Waals surface area contributed by atoms with Crippen LogP contribution in [0.2, 0.25) is 0 Å². The van der Waals surface area contributed by atoms with Crippen molar-refractivity contribution < 1.29 is 14.3 Å². The Hall–Kier alpha value is -1.23. The van der Waals surface area contributed by atoms with Crippen molar-refractivity contribution in [2.75, 3.05) is 19.8 Å². The fourth-order valence-corrected chi connectivity index (χ4v) is 1.22. The first-order chi connectivity index (χ1) is 7.15. The molecule has 1 rings (SSSR count). The number of ether oxygens (including phenoxy) is 2. The van der Waals surface area contributed by atoms with Crippen LogP contribution in [0.5, 0.6) is 0 Å². The number of nitrogens with one attached hydrogen (secondary N) is 1. The molecule has 0 saturated carbocycles. The number of hydrogen-bond acceptors (Lipinski definition) is 4. The number of hydrogen-bond donors (Lipinski definition) is 2. The van der Waals surface area contributed by atoms with Crippen LogP contribution in [0.3, 0.4) is 0 Å². The highest BCUT2D eigenvalue weighted by Gasteiger charge is 2.20. The van der Waals surface area contributed by atoms with Crippen LogP contribution in [0.15, 0.2) is 12.0 Å². The first kappa shape index (κ1) is 11.8. The molecule has 0 spiro atoms. The van der Waals surface area contributed by atoms with E-state index in [-0.39, 0.29) is 17.7 Å². The Morgan fingerprint density at radius 1 is 1.60 bits per heavy atom. The Morgan fingerprint density at radius 2 is 2.33 bits per heavy atom. The van der Waals surface area contributed by atoms with Crippen molar-refractivity contribution in [3.05, 3.63) is 12.0 Å². The van der Waals surface area contributed by atoms with Gasteiger partial charge in [0.1, 0.15) is 19.5 Å². The van der Waals surface area contributed by atoms with E-state index in [0.717, 1.165) is 0 Å². The van der Waals surface area contributed by atoms with Crippen LogP contribution in [-0.2, 0) is 14.3 Å². The molecule has 1 heterocycles. The summed E-state index contributed by atoms with van der Waals surface area (Å²) in [5, 5.41) is 2.80. The number of amides is 1. The maximum Gasteiger partial charge on any atom is 0.289 e. The maximum absolute atomic E-state index is 11.6. The molecule has 0 aliphatic carbocycles. The highest BCUT2D eigenvalue weighted by Crippen LogP contribution is 2.06. The van der Waals surface area contributed by atoms with Gasteiger partial charge in [0.15, 0.2) is 0 Å². The van der Waals surface area contributed by atoms with Gasteiger partial charge in [-0.25, -0.2) is 0 Å². The topological polar surface area (TPSA) is 73.6 Å². The minimum Gasteiger partial charge on any atom is -0.494 e. The smallest absolute Gasteiger partial charge is 0.289 e. The van der Waals surface area contributed by atoms with Gasteiger partial charge >= 0.3 is 0 Å². The third-order valence-corrected chi connectivity index (χ3v) is 2.25. The third-order valence-electron chi connectivity index (χ3n) is 2.25. The number of carbonyl (C=O) groups is 1. The van der Waals surface area contributed by atoms with E-state index in [9.17, 15) is 4.79 Å². The molecule has 1 unspecified atom stereocenters. The Kier molecular flexibility index (Phi) is 4.42. The summed E-state index contributed by atoms with van der Waals surface area (Å²) in [7, 11) is 0. The second-order valence-corrected chi connectivity index (χ2v) is 3.76. The zero-order valence-corrected chi connectivity index (χ0v) is 9.16. The fraction of sp³-hybridized carbons (Fsp3) is 0.700. The van der Waals surface area contributed by atoms with Gasteiger partial charge in [-0.15, -0.1) is 0 Å². The lowest BCUT2D eigenvalue weighted by molar-refractivity contribution is -0.123. The summed E-state index contributed by atoms with van der Waals surface area (Å²) in [5.74, 6) is 0.253. The lowest BCUT2D eigenvalue weighted by atomic mass is 10.0. The molecule has 86 valence electrons. The van der Waals surface area contributed by atoms with Crippen LogP contribution in [-0.4, -0.2) is 31.7 Å². The first-order valence-electron chi connectivity index (χ1n) is 5.10. The summed E-state index contributed by atoms with van der Waals surface area (Å²) < 4.78 is 10.1. The van der Waals surface area contributed by atoms with E-state index in [1.54, 1.807) is 0 Å². The van der Waals surface area contributed by atoms with Gasteiger partial charge < -0.3 is 20.5 Å². The Morgan fingerprint density at radius 3 is 2.80 bits per heavy atom. The van der Waals surface area contributed by atoms with E-state index in [1.807, 2.05) is 13.8 Å². The Balaban J connectivity index is 2.49. The molecule has 0 aromatic rings. The van der Waals surface area contributed by atoms with Gasteiger partial charge in [0.2, 0.25) is 5.76 Å². The van der Waals surface area contributed by atoms with Gasteiger partial charge in [-0.05, 0) is 5.92 Å². The number of nitrogens with two attached hydrogens (primary N) is 1. The molecular formula is C10H18N2O3. The average molecular weight is 214 g/mol. The van der Waals surface area contributed by atoms with E-state index in [1.165, 1.54) is 6.26 Å². The summed E-state index contributed by atoms with van der Waals surface area (Å²) in [5.41, 5.74) is 5.55. The third kappa shape index (κ3) is 3.43. The summed E-state index contributed by atoms with van der Waals surface area (Å²) >= 11 is 0. The lowest BCUT2D eigenvalue weighted by Gasteiger charge is -2.22. The monoisotopic (exact) mass is 214 g/mol. The summed E-state index contributed by atoms with van der Waals surface area (Å²) in [6.45, 7) is 5.32. The largest absolute Gasteiger partial charge is 0.494 e. The molecule has 0 saturated heterocycles. The molecular weight excluding hydrogens is 196 g/mol. The van der Waals surface area contributed by atoms with Crippen LogP contribution in [0.25, 0.3) is 0 Å². The summed E-state index contributed by atoms with van der Waals surface area (Å²) in [6, 6.07) is -0.0380. The van der Waals surface area contributed by atoms with Crippen molar-refractivity contribution in [3.63, 3.8) is 0 Å². The second-order valence-electron chi connectivity index (χ2n) is 3.76. The van der Waals surface area contributed by atoms with Crippen molar-refractivity contribution >= 4 is 5.91 Å². The molecule has 15 heavy (non-hydrogen) atoms. The van der Waals surface area contributed by atoms with Crippen molar-refractivity contribution in [2.24, 2.45) is 11.7 Å². The quantitative estimate of drug-likeness (QED) is 0.689. The zero-order valence-electron chi connectivity index (χ0n) is 9.16. The van der Waals surface area contributed by atoms with Crippen molar-refractivity contribution in [3.8, 4) is 0 Å². The molecule has 0 bridgehead atoms. The SMILES string of the molecule is CC(C)C(CN)NC(=O)C1=COCCO1. The van der Waals surface area contributed by atoms with Gasteiger partial charge in [0.25, 0.3) is 5.91 Å². The van der Waals surface area contributed by atoms with Crippen LogP contribution in [0.1, 0.15) is 13.8 Å². The number of carbonyl (C=O) groups excluding carboxylic acids is 1. The van der Waals surface area contributed by atoms with E-state index in [0.29, 0.717) is 25.7 Å². The van der Waals surface area contributed by atoms with E-state index >= 15 is 0 Å². The highest BCUT2D eigenvalue weighted by atomic mass is 16.6. The van der Waals surface area contributed by atoms with E-state index in [2.05, 4.69) is 5.32 Å². The van der Waals surface area contributed by atoms with Crippen LogP contribution in [0, 0.1) is 5.92 Å². The molecule has 1 aliphatic heterocycles. The van der Waals surface area contributed by atoms with Gasteiger partial charge in [0.05, 0.1) is 0 Å². The normalized spacial score (nSPS) is 17.5. The molecule has 3 N–H and O–H groups in total. The molecule has 0 aromatic heterocycles. The molecule has 5 nitrogen and oxygen atoms in total. The molecule has 1 amide bonds. The van der Waals surface area contributed by atoms with Gasteiger partial charge in [-0.2, -0.15) is 0 Å². The lowest BCUT2D eigenvalue weighted by Crippen LogP contribution is -2.44.